The van der Waals surface area contributed by atoms with Gasteiger partial charge in [-0.05, 0) is 40.6 Å². The standard InChI is InChI=1S/C14H14ClIN2O/c1-9(2)13-12(16)14(15)18-11(17-13)8-19-10-6-4-3-5-7-10/h3-7,9H,8H2,1-2H3. The number of benzene rings is 1. The number of nitrogens with zero attached hydrogens (tertiary/aromatic N) is 2. The van der Waals surface area contributed by atoms with E-state index in [2.05, 4.69) is 46.4 Å². The lowest BCUT2D eigenvalue weighted by atomic mass is 10.1. The Balaban J connectivity index is 2.17. The summed E-state index contributed by atoms with van der Waals surface area (Å²) in [6.07, 6.45) is 0. The van der Waals surface area contributed by atoms with Crippen LogP contribution in [0, 0.1) is 3.57 Å². The van der Waals surface area contributed by atoms with E-state index in [4.69, 9.17) is 16.3 Å². The second-order valence-electron chi connectivity index (χ2n) is 4.39. The van der Waals surface area contributed by atoms with Crippen LogP contribution in [0.5, 0.6) is 5.75 Å². The molecule has 0 aliphatic carbocycles. The minimum atomic E-state index is 0.308. The van der Waals surface area contributed by atoms with Gasteiger partial charge >= 0.3 is 0 Å². The van der Waals surface area contributed by atoms with E-state index in [0.717, 1.165) is 15.0 Å². The average Bonchev–Trinajstić information content (AvgIpc) is 2.41. The fourth-order valence-electron chi connectivity index (χ4n) is 1.59. The lowest BCUT2D eigenvalue weighted by molar-refractivity contribution is 0.295. The Morgan fingerprint density at radius 3 is 2.53 bits per heavy atom. The average molecular weight is 389 g/mol. The highest BCUT2D eigenvalue weighted by Crippen LogP contribution is 2.25. The SMILES string of the molecule is CC(C)c1nc(COc2ccccc2)nc(Cl)c1I. The molecule has 0 saturated carbocycles. The summed E-state index contributed by atoms with van der Waals surface area (Å²) in [7, 11) is 0. The molecular formula is C14H14ClIN2O. The Bertz CT molecular complexity index is 561. The van der Waals surface area contributed by atoms with Crippen molar-refractivity contribution in [3.05, 3.63) is 50.6 Å². The summed E-state index contributed by atoms with van der Waals surface area (Å²) in [6.45, 7) is 4.49. The van der Waals surface area contributed by atoms with Gasteiger partial charge in [-0.25, -0.2) is 9.97 Å². The van der Waals surface area contributed by atoms with Gasteiger partial charge in [0.15, 0.2) is 5.82 Å². The monoisotopic (exact) mass is 388 g/mol. The van der Waals surface area contributed by atoms with Crippen molar-refractivity contribution in [1.82, 2.24) is 9.97 Å². The number of hydrogen-bond acceptors (Lipinski definition) is 3. The van der Waals surface area contributed by atoms with Gasteiger partial charge in [0.25, 0.3) is 0 Å². The van der Waals surface area contributed by atoms with Crippen LogP contribution in [0.15, 0.2) is 30.3 Å². The second-order valence-corrected chi connectivity index (χ2v) is 5.82. The maximum atomic E-state index is 6.13. The van der Waals surface area contributed by atoms with Crippen molar-refractivity contribution in [3.8, 4) is 5.75 Å². The summed E-state index contributed by atoms with van der Waals surface area (Å²) >= 11 is 8.31. The van der Waals surface area contributed by atoms with E-state index >= 15 is 0 Å². The van der Waals surface area contributed by atoms with E-state index in [1.54, 1.807) is 0 Å². The van der Waals surface area contributed by atoms with E-state index in [1.807, 2.05) is 30.3 Å². The maximum absolute atomic E-state index is 6.13. The number of ether oxygens (including phenoxy) is 1. The van der Waals surface area contributed by atoms with Crippen molar-refractivity contribution in [2.75, 3.05) is 0 Å². The van der Waals surface area contributed by atoms with E-state index in [0.29, 0.717) is 23.5 Å². The molecule has 0 atom stereocenters. The molecule has 5 heteroatoms. The van der Waals surface area contributed by atoms with E-state index < -0.39 is 0 Å². The first-order chi connectivity index (χ1) is 9.08. The van der Waals surface area contributed by atoms with Crippen LogP contribution in [-0.2, 0) is 6.61 Å². The Kier molecular flexibility index (Phi) is 4.99. The molecule has 1 heterocycles. The zero-order valence-corrected chi connectivity index (χ0v) is 13.6. The lowest BCUT2D eigenvalue weighted by Crippen LogP contribution is -2.08. The van der Waals surface area contributed by atoms with E-state index in [1.165, 1.54) is 0 Å². The Morgan fingerprint density at radius 1 is 1.21 bits per heavy atom. The molecule has 0 amide bonds. The largest absolute Gasteiger partial charge is 0.486 e. The van der Waals surface area contributed by atoms with Gasteiger partial charge in [-0.15, -0.1) is 0 Å². The lowest BCUT2D eigenvalue weighted by Gasteiger charge is -2.11. The van der Waals surface area contributed by atoms with Gasteiger partial charge in [0.1, 0.15) is 17.5 Å². The smallest absolute Gasteiger partial charge is 0.167 e. The molecule has 0 bridgehead atoms. The van der Waals surface area contributed by atoms with Gasteiger partial charge in [-0.2, -0.15) is 0 Å². The van der Waals surface area contributed by atoms with Gasteiger partial charge in [0.2, 0.25) is 0 Å². The summed E-state index contributed by atoms with van der Waals surface area (Å²) in [5.41, 5.74) is 0.965. The molecule has 100 valence electrons. The first-order valence-electron chi connectivity index (χ1n) is 5.97. The van der Waals surface area contributed by atoms with Gasteiger partial charge in [-0.1, -0.05) is 43.6 Å². The molecule has 1 aromatic carbocycles. The molecule has 0 aliphatic rings. The van der Waals surface area contributed by atoms with Crippen LogP contribution in [0.3, 0.4) is 0 Å². The van der Waals surface area contributed by atoms with Crippen molar-refractivity contribution in [2.45, 2.75) is 26.4 Å². The molecule has 0 aliphatic heterocycles. The van der Waals surface area contributed by atoms with E-state index in [-0.39, 0.29) is 0 Å². The third-order valence-corrected chi connectivity index (χ3v) is 4.20. The highest BCUT2D eigenvalue weighted by atomic mass is 127. The molecule has 19 heavy (non-hydrogen) atoms. The second kappa shape index (κ2) is 6.52. The molecule has 1 aromatic heterocycles. The Morgan fingerprint density at radius 2 is 1.89 bits per heavy atom. The van der Waals surface area contributed by atoms with Crippen LogP contribution in [-0.4, -0.2) is 9.97 Å². The third kappa shape index (κ3) is 3.79. The number of hydrogen-bond donors (Lipinski definition) is 0. The predicted molar refractivity (Wildman–Crippen MR) is 84.6 cm³/mol. The highest BCUT2D eigenvalue weighted by molar-refractivity contribution is 14.1. The van der Waals surface area contributed by atoms with Crippen LogP contribution in [0.2, 0.25) is 5.15 Å². The fraction of sp³-hybridized carbons (Fsp3) is 0.286. The van der Waals surface area contributed by atoms with Gasteiger partial charge in [0.05, 0.1) is 9.26 Å². The molecule has 3 nitrogen and oxygen atoms in total. The summed E-state index contributed by atoms with van der Waals surface area (Å²) in [4.78, 5) is 8.77. The highest BCUT2D eigenvalue weighted by Gasteiger charge is 2.13. The molecule has 2 rings (SSSR count). The fourth-order valence-corrected chi connectivity index (χ4v) is 2.65. The number of para-hydroxylation sites is 1. The molecule has 0 unspecified atom stereocenters. The van der Waals surface area contributed by atoms with Gasteiger partial charge in [0, 0.05) is 0 Å². The molecular weight excluding hydrogens is 375 g/mol. The molecule has 2 aromatic rings. The maximum Gasteiger partial charge on any atom is 0.167 e. The van der Waals surface area contributed by atoms with Gasteiger partial charge < -0.3 is 4.74 Å². The quantitative estimate of drug-likeness (QED) is 0.574. The molecule has 0 spiro atoms. The Labute approximate surface area is 131 Å². The zero-order valence-electron chi connectivity index (χ0n) is 10.7. The first kappa shape index (κ1) is 14.5. The van der Waals surface area contributed by atoms with Gasteiger partial charge in [-0.3, -0.25) is 0 Å². The van der Waals surface area contributed by atoms with Crippen molar-refractivity contribution in [1.29, 1.82) is 0 Å². The van der Waals surface area contributed by atoms with Crippen LogP contribution in [0.1, 0.15) is 31.3 Å². The van der Waals surface area contributed by atoms with Crippen molar-refractivity contribution >= 4 is 34.2 Å². The molecule has 0 N–H and O–H groups in total. The topological polar surface area (TPSA) is 35.0 Å². The first-order valence-corrected chi connectivity index (χ1v) is 7.43. The minimum Gasteiger partial charge on any atom is -0.486 e. The number of halogens is 2. The number of rotatable bonds is 4. The predicted octanol–water partition coefficient (Wildman–Crippen LogP) is 4.44. The normalized spacial score (nSPS) is 10.8. The van der Waals surface area contributed by atoms with Crippen LogP contribution < -0.4 is 4.74 Å². The number of aromatic nitrogens is 2. The summed E-state index contributed by atoms with van der Waals surface area (Å²) < 4.78 is 6.55. The summed E-state index contributed by atoms with van der Waals surface area (Å²) in [5.74, 6) is 1.72. The van der Waals surface area contributed by atoms with Crippen molar-refractivity contribution < 1.29 is 4.74 Å². The Hall–Kier alpha value is -0.880. The molecule has 0 radical (unpaired) electrons. The van der Waals surface area contributed by atoms with Crippen molar-refractivity contribution in [2.24, 2.45) is 0 Å². The van der Waals surface area contributed by atoms with E-state index in [9.17, 15) is 0 Å². The van der Waals surface area contributed by atoms with Crippen LogP contribution in [0.25, 0.3) is 0 Å². The van der Waals surface area contributed by atoms with Crippen LogP contribution in [0.4, 0.5) is 0 Å². The summed E-state index contributed by atoms with van der Waals surface area (Å²) in [5, 5.41) is 0.492. The van der Waals surface area contributed by atoms with Crippen LogP contribution >= 0.6 is 34.2 Å². The molecule has 0 fully saturated rings. The third-order valence-electron chi connectivity index (χ3n) is 2.54. The zero-order chi connectivity index (χ0) is 13.8. The summed E-state index contributed by atoms with van der Waals surface area (Å²) in [6, 6.07) is 9.60. The van der Waals surface area contributed by atoms with Crippen molar-refractivity contribution in [3.63, 3.8) is 0 Å². The minimum absolute atomic E-state index is 0.308. The molecule has 0 saturated heterocycles.